The van der Waals surface area contributed by atoms with Crippen molar-refractivity contribution < 1.29 is 24.9 Å². The second-order valence-corrected chi connectivity index (χ2v) is 6.45. The maximum atomic E-state index is 12.1. The summed E-state index contributed by atoms with van der Waals surface area (Å²) in [4.78, 5) is 22.6. The number of carbonyl (C=O) groups excluding carboxylic acids is 1. The Morgan fingerprint density at radius 1 is 1.16 bits per heavy atom. The Hall–Kier alpha value is -1.72. The molecule has 1 aliphatic carbocycles. The summed E-state index contributed by atoms with van der Waals surface area (Å²) in [6, 6.07) is 0. The van der Waals surface area contributed by atoms with Crippen molar-refractivity contribution in [3.8, 4) is 0 Å². The Morgan fingerprint density at radius 2 is 1.84 bits per heavy atom. The van der Waals surface area contributed by atoms with Gasteiger partial charge in [-0.25, -0.2) is 4.79 Å². The van der Waals surface area contributed by atoms with Crippen LogP contribution in [0.2, 0.25) is 0 Å². The number of carboxylic acids is 1. The van der Waals surface area contributed by atoms with E-state index < -0.39 is 18.2 Å². The zero-order valence-electron chi connectivity index (χ0n) is 14.9. The zero-order valence-corrected chi connectivity index (χ0v) is 14.9. The average molecular weight is 350 g/mol. The molecule has 0 spiro atoms. The Morgan fingerprint density at radius 3 is 2.52 bits per heavy atom. The summed E-state index contributed by atoms with van der Waals surface area (Å²) in [5.74, 6) is -1.53. The lowest BCUT2D eigenvalue weighted by atomic mass is 9.90. The summed E-state index contributed by atoms with van der Waals surface area (Å²) in [5.41, 5.74) is 0. The Balaban J connectivity index is 2.46. The van der Waals surface area contributed by atoms with E-state index in [0.29, 0.717) is 12.8 Å². The highest BCUT2D eigenvalue weighted by molar-refractivity contribution is 5.84. The molecule has 3 N–H and O–H groups in total. The molecule has 1 aliphatic rings. The van der Waals surface area contributed by atoms with Gasteiger partial charge in [-0.1, -0.05) is 43.4 Å². The molecule has 0 saturated heterocycles. The van der Waals surface area contributed by atoms with Gasteiger partial charge in [-0.05, 0) is 38.5 Å². The molecule has 0 aromatic rings. The Labute approximate surface area is 149 Å². The summed E-state index contributed by atoms with van der Waals surface area (Å²) in [5, 5.41) is 27.9. The van der Waals surface area contributed by atoms with E-state index in [4.69, 9.17) is 5.11 Å². The topological polar surface area (TPSA) is 94.8 Å². The van der Waals surface area contributed by atoms with Crippen molar-refractivity contribution in [2.75, 3.05) is 0 Å². The first-order chi connectivity index (χ1) is 12.0. The van der Waals surface area contributed by atoms with Crippen LogP contribution in [0.3, 0.4) is 0 Å². The SMILES string of the molecule is CC/C=C\CC/C=C/[C@H]1[C@H](O)CC(=O)[C@@H]1C/C=C\CCC(O)C(=O)O. The van der Waals surface area contributed by atoms with Gasteiger partial charge in [-0.3, -0.25) is 4.79 Å². The number of hydrogen-bond acceptors (Lipinski definition) is 4. The number of aliphatic carboxylic acids is 1. The number of ketones is 1. The Bertz CT molecular complexity index is 506. The molecule has 0 aromatic carbocycles. The molecular formula is C20H30O5. The molecule has 1 saturated carbocycles. The minimum absolute atomic E-state index is 0.0725. The number of allylic oxidation sites excluding steroid dienone is 5. The first kappa shape index (κ1) is 21.3. The predicted molar refractivity (Wildman–Crippen MR) is 97.0 cm³/mol. The lowest BCUT2D eigenvalue weighted by Gasteiger charge is -2.15. The molecule has 5 heteroatoms. The number of aliphatic hydroxyl groups excluding tert-OH is 2. The van der Waals surface area contributed by atoms with Gasteiger partial charge in [0.2, 0.25) is 0 Å². The maximum Gasteiger partial charge on any atom is 0.332 e. The van der Waals surface area contributed by atoms with Gasteiger partial charge in [0, 0.05) is 18.3 Å². The van der Waals surface area contributed by atoms with E-state index in [-0.39, 0.29) is 30.5 Å². The molecule has 25 heavy (non-hydrogen) atoms. The highest BCUT2D eigenvalue weighted by Crippen LogP contribution is 2.33. The van der Waals surface area contributed by atoms with Crippen LogP contribution in [0, 0.1) is 11.8 Å². The zero-order chi connectivity index (χ0) is 18.7. The molecule has 0 aliphatic heterocycles. The highest BCUT2D eigenvalue weighted by Gasteiger charge is 2.38. The number of unbranched alkanes of at least 4 members (excludes halogenated alkanes) is 1. The van der Waals surface area contributed by atoms with Crippen molar-refractivity contribution in [2.45, 2.75) is 64.1 Å². The number of carbonyl (C=O) groups is 2. The molecule has 1 rings (SSSR count). The van der Waals surface area contributed by atoms with Crippen LogP contribution >= 0.6 is 0 Å². The third-order valence-corrected chi connectivity index (χ3v) is 4.44. The van der Waals surface area contributed by atoms with Crippen LogP contribution in [0.4, 0.5) is 0 Å². The monoisotopic (exact) mass is 350 g/mol. The number of aliphatic hydroxyl groups is 2. The predicted octanol–water partition coefficient (Wildman–Crippen LogP) is 3.03. The fourth-order valence-corrected chi connectivity index (χ4v) is 3.00. The third kappa shape index (κ3) is 7.80. The van der Waals surface area contributed by atoms with Gasteiger partial charge >= 0.3 is 5.97 Å². The van der Waals surface area contributed by atoms with E-state index in [1.165, 1.54) is 0 Å². The lowest BCUT2D eigenvalue weighted by Crippen LogP contribution is -2.18. The van der Waals surface area contributed by atoms with Crippen molar-refractivity contribution in [2.24, 2.45) is 11.8 Å². The van der Waals surface area contributed by atoms with Crippen LogP contribution in [-0.2, 0) is 9.59 Å². The second kappa shape index (κ2) is 11.8. The fraction of sp³-hybridized carbons (Fsp3) is 0.600. The molecule has 1 unspecified atom stereocenters. The van der Waals surface area contributed by atoms with Crippen molar-refractivity contribution in [1.82, 2.24) is 0 Å². The number of hydrogen-bond donors (Lipinski definition) is 3. The fourth-order valence-electron chi connectivity index (χ4n) is 3.00. The van der Waals surface area contributed by atoms with Crippen molar-refractivity contribution in [1.29, 1.82) is 0 Å². The van der Waals surface area contributed by atoms with E-state index in [0.717, 1.165) is 19.3 Å². The molecule has 0 aromatic heterocycles. The summed E-state index contributed by atoms with van der Waals surface area (Å²) in [7, 11) is 0. The maximum absolute atomic E-state index is 12.1. The Kier molecular flexibility index (Phi) is 10.0. The van der Waals surface area contributed by atoms with Crippen molar-refractivity contribution in [3.05, 3.63) is 36.5 Å². The number of rotatable bonds is 11. The third-order valence-electron chi connectivity index (χ3n) is 4.44. The van der Waals surface area contributed by atoms with Gasteiger partial charge in [-0.2, -0.15) is 0 Å². The average Bonchev–Trinajstić information content (AvgIpc) is 2.83. The number of Topliss-reactive ketones (excluding diaryl/α,β-unsaturated/α-hetero) is 1. The molecular weight excluding hydrogens is 320 g/mol. The molecule has 1 fully saturated rings. The van der Waals surface area contributed by atoms with Gasteiger partial charge < -0.3 is 15.3 Å². The molecule has 0 radical (unpaired) electrons. The second-order valence-electron chi connectivity index (χ2n) is 6.45. The van der Waals surface area contributed by atoms with Gasteiger partial charge in [0.15, 0.2) is 6.10 Å². The van der Waals surface area contributed by atoms with Crippen LogP contribution in [-0.4, -0.2) is 39.3 Å². The number of carboxylic acid groups (broad SMARTS) is 1. The first-order valence-electron chi connectivity index (χ1n) is 9.05. The summed E-state index contributed by atoms with van der Waals surface area (Å²) >= 11 is 0. The summed E-state index contributed by atoms with van der Waals surface area (Å²) in [6.07, 6.45) is 14.1. The van der Waals surface area contributed by atoms with Gasteiger partial charge in [0.1, 0.15) is 5.78 Å². The lowest BCUT2D eigenvalue weighted by molar-refractivity contribution is -0.146. The van der Waals surface area contributed by atoms with Gasteiger partial charge in [-0.15, -0.1) is 0 Å². The van der Waals surface area contributed by atoms with Crippen molar-refractivity contribution in [3.63, 3.8) is 0 Å². The molecule has 0 bridgehead atoms. The normalized spacial score (nSPS) is 25.6. The minimum atomic E-state index is -1.35. The minimum Gasteiger partial charge on any atom is -0.479 e. The molecule has 5 nitrogen and oxygen atoms in total. The van der Waals surface area contributed by atoms with Gasteiger partial charge in [0.05, 0.1) is 6.10 Å². The van der Waals surface area contributed by atoms with E-state index >= 15 is 0 Å². The molecule has 0 amide bonds. The van der Waals surface area contributed by atoms with E-state index in [2.05, 4.69) is 19.1 Å². The van der Waals surface area contributed by atoms with Crippen LogP contribution in [0.1, 0.15) is 51.9 Å². The molecule has 0 heterocycles. The van der Waals surface area contributed by atoms with E-state index in [1.54, 1.807) is 6.08 Å². The molecule has 140 valence electrons. The van der Waals surface area contributed by atoms with Gasteiger partial charge in [0.25, 0.3) is 0 Å². The molecule has 4 atom stereocenters. The highest BCUT2D eigenvalue weighted by atomic mass is 16.4. The largest absolute Gasteiger partial charge is 0.479 e. The first-order valence-corrected chi connectivity index (χ1v) is 9.05. The summed E-state index contributed by atoms with van der Waals surface area (Å²) in [6.45, 7) is 2.09. The van der Waals surface area contributed by atoms with Crippen LogP contribution in [0.25, 0.3) is 0 Å². The van der Waals surface area contributed by atoms with Crippen LogP contribution in [0.15, 0.2) is 36.5 Å². The van der Waals surface area contributed by atoms with Crippen LogP contribution in [0.5, 0.6) is 0 Å². The van der Waals surface area contributed by atoms with E-state index in [1.807, 2.05) is 18.2 Å². The van der Waals surface area contributed by atoms with E-state index in [9.17, 15) is 19.8 Å². The quantitative estimate of drug-likeness (QED) is 0.393. The van der Waals surface area contributed by atoms with Crippen LogP contribution < -0.4 is 0 Å². The smallest absolute Gasteiger partial charge is 0.332 e. The van der Waals surface area contributed by atoms with Crippen molar-refractivity contribution >= 4 is 11.8 Å². The standard InChI is InChI=1S/C20H30O5/c1-2-3-4-5-6-8-11-15-16(19(23)14-18(15)22)12-9-7-10-13-17(21)20(24)25/h3-4,7-9,11,15-18,21-22H,2,5-6,10,12-14H2,1H3,(H,24,25)/b4-3-,9-7-,11-8+/t15-,16-,17?,18-/m1/s1. The summed E-state index contributed by atoms with van der Waals surface area (Å²) < 4.78 is 0.